The first-order chi connectivity index (χ1) is 11.7. The Morgan fingerprint density at radius 3 is 2.23 bits per heavy atom. The second-order valence-electron chi connectivity index (χ2n) is 7.13. The maximum Gasteiger partial charge on any atom is 0.417 e. The van der Waals surface area contributed by atoms with Gasteiger partial charge in [-0.2, -0.15) is 26.3 Å². The van der Waals surface area contributed by atoms with Gasteiger partial charge in [0.15, 0.2) is 5.82 Å². The lowest BCUT2D eigenvalue weighted by molar-refractivity contribution is -0.150. The number of anilines is 1. The molecule has 144 valence electrons. The average Bonchev–Trinajstić information content (AvgIpc) is 2.71. The third-order valence-corrected chi connectivity index (χ3v) is 3.36. The predicted molar refractivity (Wildman–Crippen MR) is 82.7 cm³/mol. The number of amides is 1. The van der Waals surface area contributed by atoms with Crippen LogP contribution in [0.25, 0.3) is 5.65 Å². The van der Waals surface area contributed by atoms with Crippen molar-refractivity contribution in [3.8, 4) is 0 Å². The molecule has 2 rings (SSSR count). The van der Waals surface area contributed by atoms with Crippen LogP contribution in [0.3, 0.4) is 0 Å². The fraction of sp³-hybridized carbons (Fsp3) is 0.500. The highest BCUT2D eigenvalue weighted by molar-refractivity contribution is 5.91. The van der Waals surface area contributed by atoms with Gasteiger partial charge in [-0.15, -0.1) is 0 Å². The molecule has 0 radical (unpaired) electrons. The second-order valence-corrected chi connectivity index (χ2v) is 7.13. The van der Waals surface area contributed by atoms with Crippen LogP contribution in [-0.4, -0.2) is 21.5 Å². The standard InChI is InChI=1S/C16H17F6N3O/c1-14(2,3)6-10-13(24-12(26)7-15(17,18)19)23-11-5-4-9(8-25(10)11)16(20,21)22/h4-5,8H,6-7H2,1-3H3,(H,24,26). The lowest BCUT2D eigenvalue weighted by atomic mass is 9.90. The lowest BCUT2D eigenvalue weighted by Gasteiger charge is -2.19. The summed E-state index contributed by atoms with van der Waals surface area (Å²) in [7, 11) is 0. The topological polar surface area (TPSA) is 46.4 Å². The number of pyridine rings is 1. The van der Waals surface area contributed by atoms with Crippen LogP contribution in [0.15, 0.2) is 18.3 Å². The highest BCUT2D eigenvalue weighted by atomic mass is 19.4. The molecule has 1 N–H and O–H groups in total. The maximum atomic E-state index is 13.0. The number of hydrogen-bond donors (Lipinski definition) is 1. The molecular formula is C16H17F6N3O. The van der Waals surface area contributed by atoms with Crippen molar-refractivity contribution in [3.05, 3.63) is 29.6 Å². The Morgan fingerprint density at radius 2 is 1.73 bits per heavy atom. The van der Waals surface area contributed by atoms with E-state index in [-0.39, 0.29) is 23.6 Å². The molecule has 10 heteroatoms. The summed E-state index contributed by atoms with van der Waals surface area (Å²) in [4.78, 5) is 15.6. The van der Waals surface area contributed by atoms with Crippen molar-refractivity contribution in [3.63, 3.8) is 0 Å². The van der Waals surface area contributed by atoms with E-state index >= 15 is 0 Å². The molecule has 0 fully saturated rings. The highest BCUT2D eigenvalue weighted by Gasteiger charge is 2.33. The van der Waals surface area contributed by atoms with Gasteiger partial charge in [-0.25, -0.2) is 4.98 Å². The number of carbonyl (C=O) groups excluding carboxylic acids is 1. The number of rotatable bonds is 3. The first-order valence-electron chi connectivity index (χ1n) is 7.60. The second kappa shape index (κ2) is 6.48. The number of nitrogens with one attached hydrogen (secondary N) is 1. The molecule has 0 atom stereocenters. The fourth-order valence-electron chi connectivity index (χ4n) is 2.39. The SMILES string of the molecule is CC(C)(C)Cc1c(NC(=O)CC(F)(F)F)nc2ccc(C(F)(F)F)cn12. The Kier molecular flexibility index (Phi) is 5.00. The van der Waals surface area contributed by atoms with E-state index in [1.807, 2.05) is 0 Å². The van der Waals surface area contributed by atoms with Gasteiger partial charge < -0.3 is 9.72 Å². The number of fused-ring (bicyclic) bond motifs is 1. The molecule has 1 amide bonds. The van der Waals surface area contributed by atoms with Crippen LogP contribution >= 0.6 is 0 Å². The average molecular weight is 381 g/mol. The van der Waals surface area contributed by atoms with Crippen molar-refractivity contribution in [1.82, 2.24) is 9.38 Å². The Bertz CT molecular complexity index is 814. The Morgan fingerprint density at radius 1 is 1.12 bits per heavy atom. The Hall–Kier alpha value is -2.26. The Balaban J connectivity index is 2.51. The van der Waals surface area contributed by atoms with E-state index in [2.05, 4.69) is 10.3 Å². The van der Waals surface area contributed by atoms with E-state index in [1.165, 1.54) is 0 Å². The van der Waals surface area contributed by atoms with Crippen molar-refractivity contribution >= 4 is 17.4 Å². The van der Waals surface area contributed by atoms with Gasteiger partial charge in [-0.05, 0) is 24.0 Å². The molecule has 2 heterocycles. The number of hydrogen-bond acceptors (Lipinski definition) is 2. The van der Waals surface area contributed by atoms with Crippen LogP contribution in [0.1, 0.15) is 38.4 Å². The summed E-state index contributed by atoms with van der Waals surface area (Å²) in [6, 6.07) is 1.93. The molecule has 0 aliphatic rings. The number of nitrogens with zero attached hydrogens (tertiary/aromatic N) is 2. The molecule has 4 nitrogen and oxygen atoms in total. The van der Waals surface area contributed by atoms with E-state index in [1.54, 1.807) is 20.8 Å². The van der Waals surface area contributed by atoms with Gasteiger partial charge in [0.1, 0.15) is 12.1 Å². The van der Waals surface area contributed by atoms with Gasteiger partial charge in [0.05, 0.1) is 11.3 Å². The molecule has 26 heavy (non-hydrogen) atoms. The fourth-order valence-corrected chi connectivity index (χ4v) is 2.39. The van der Waals surface area contributed by atoms with Gasteiger partial charge in [0.25, 0.3) is 0 Å². The van der Waals surface area contributed by atoms with Crippen molar-refractivity contribution in [2.75, 3.05) is 5.32 Å². The molecule has 0 spiro atoms. The minimum atomic E-state index is -4.70. The van der Waals surface area contributed by atoms with Crippen LogP contribution < -0.4 is 5.32 Å². The van der Waals surface area contributed by atoms with Crippen molar-refractivity contribution in [1.29, 1.82) is 0 Å². The van der Waals surface area contributed by atoms with Gasteiger partial charge in [-0.3, -0.25) is 4.79 Å². The van der Waals surface area contributed by atoms with Crippen molar-refractivity contribution in [2.24, 2.45) is 5.41 Å². The summed E-state index contributed by atoms with van der Waals surface area (Å²) < 4.78 is 77.1. The third kappa shape index (κ3) is 5.12. The van der Waals surface area contributed by atoms with Crippen LogP contribution in [0.4, 0.5) is 32.2 Å². The monoisotopic (exact) mass is 381 g/mol. The van der Waals surface area contributed by atoms with E-state index in [0.717, 1.165) is 22.7 Å². The molecule has 0 saturated heterocycles. The minimum Gasteiger partial charge on any atom is -0.309 e. The smallest absolute Gasteiger partial charge is 0.309 e. The van der Waals surface area contributed by atoms with Crippen LogP contribution in [-0.2, 0) is 17.4 Å². The highest BCUT2D eigenvalue weighted by Crippen LogP contribution is 2.32. The zero-order valence-electron chi connectivity index (χ0n) is 14.2. The van der Waals surface area contributed by atoms with Crippen LogP contribution in [0.2, 0.25) is 0 Å². The predicted octanol–water partition coefficient (Wildman–Crippen LogP) is 4.83. The molecule has 0 saturated carbocycles. The molecular weight excluding hydrogens is 364 g/mol. The van der Waals surface area contributed by atoms with Gasteiger partial charge in [0.2, 0.25) is 5.91 Å². The summed E-state index contributed by atoms with van der Waals surface area (Å²) in [5, 5.41) is 2.07. The number of carbonyl (C=O) groups is 1. The number of imidazole rings is 1. The van der Waals surface area contributed by atoms with Gasteiger partial charge in [-0.1, -0.05) is 20.8 Å². The molecule has 0 aliphatic carbocycles. The largest absolute Gasteiger partial charge is 0.417 e. The lowest BCUT2D eigenvalue weighted by Crippen LogP contribution is -2.22. The number of aromatic nitrogens is 2. The summed E-state index contributed by atoms with van der Waals surface area (Å²) in [5.74, 6) is -1.50. The zero-order valence-corrected chi connectivity index (χ0v) is 14.2. The first kappa shape index (κ1) is 20.1. The Labute approximate surface area is 145 Å². The molecule has 0 unspecified atom stereocenters. The molecule has 0 aliphatic heterocycles. The van der Waals surface area contributed by atoms with E-state index < -0.39 is 35.7 Å². The van der Waals surface area contributed by atoms with E-state index in [0.29, 0.717) is 0 Å². The molecule has 2 aromatic rings. The third-order valence-electron chi connectivity index (χ3n) is 3.36. The first-order valence-corrected chi connectivity index (χ1v) is 7.60. The van der Waals surface area contributed by atoms with Crippen LogP contribution in [0.5, 0.6) is 0 Å². The molecule has 2 aromatic heterocycles. The van der Waals surface area contributed by atoms with Crippen molar-refractivity contribution in [2.45, 2.75) is 46.0 Å². The van der Waals surface area contributed by atoms with E-state index in [4.69, 9.17) is 0 Å². The van der Waals surface area contributed by atoms with Crippen molar-refractivity contribution < 1.29 is 31.1 Å². The molecule has 0 bridgehead atoms. The van der Waals surface area contributed by atoms with Crippen LogP contribution in [0, 0.1) is 5.41 Å². The normalized spacial score (nSPS) is 13.3. The summed E-state index contributed by atoms with van der Waals surface area (Å²) in [6.45, 7) is 5.42. The van der Waals surface area contributed by atoms with E-state index in [9.17, 15) is 31.1 Å². The minimum absolute atomic E-state index is 0.0968. The summed E-state index contributed by atoms with van der Waals surface area (Å²) in [5.41, 5.74) is -1.03. The summed E-state index contributed by atoms with van der Waals surface area (Å²) >= 11 is 0. The summed E-state index contributed by atoms with van der Waals surface area (Å²) in [6.07, 6.45) is -9.97. The maximum absolute atomic E-state index is 13.0. The van der Waals surface area contributed by atoms with Gasteiger partial charge >= 0.3 is 12.4 Å². The quantitative estimate of drug-likeness (QED) is 0.774. The zero-order chi connectivity index (χ0) is 19.9. The number of alkyl halides is 6. The molecule has 0 aromatic carbocycles. The van der Waals surface area contributed by atoms with Gasteiger partial charge in [0, 0.05) is 6.20 Å². The number of halogens is 6.